The first-order valence-corrected chi connectivity index (χ1v) is 11.4. The number of hydrogen-bond acceptors (Lipinski definition) is 8. The van der Waals surface area contributed by atoms with E-state index in [9.17, 15) is 9.59 Å². The Bertz CT molecular complexity index is 1000. The minimum atomic E-state index is -1.41. The Labute approximate surface area is 204 Å². The molecule has 0 saturated carbocycles. The Kier molecular flexibility index (Phi) is 10.6. The van der Waals surface area contributed by atoms with Gasteiger partial charge >= 0.3 is 0 Å². The molecule has 0 saturated heterocycles. The Balaban J connectivity index is 2.40. The van der Waals surface area contributed by atoms with E-state index in [1.165, 1.54) is 6.92 Å². The lowest BCUT2D eigenvalue weighted by molar-refractivity contribution is -0.126. The van der Waals surface area contributed by atoms with Crippen LogP contribution in [0.15, 0.2) is 40.6 Å². The Morgan fingerprint density at radius 3 is 1.97 bits per heavy atom. The normalized spacial score (nSPS) is 11.7. The highest BCUT2D eigenvalue weighted by Gasteiger charge is 2.26. The summed E-state index contributed by atoms with van der Waals surface area (Å²) in [6.07, 6.45) is 0. The number of nitrogens with zero attached hydrogens (tertiary/aromatic N) is 2. The van der Waals surface area contributed by atoms with Crippen molar-refractivity contribution in [3.8, 4) is 23.0 Å². The van der Waals surface area contributed by atoms with Crippen LogP contribution in [-0.2, 0) is 9.59 Å². The first kappa shape index (κ1) is 26.9. The molecule has 0 spiro atoms. The monoisotopic (exact) mass is 491 g/mol. The zero-order valence-electron chi connectivity index (χ0n) is 20.0. The second-order valence-electron chi connectivity index (χ2n) is 6.81. The van der Waals surface area contributed by atoms with Gasteiger partial charge in [0.15, 0.2) is 34.5 Å². The molecule has 0 aliphatic rings. The minimum absolute atomic E-state index is 0.268. The van der Waals surface area contributed by atoms with Crippen molar-refractivity contribution >= 4 is 34.7 Å². The first-order chi connectivity index (χ1) is 16.4. The first-order valence-electron chi connectivity index (χ1n) is 11.1. The number of Topliss-reactive ketones (excluding diaryl/α,β-unsaturated/α-hetero) is 1. The number of rotatable bonds is 13. The highest BCUT2D eigenvalue weighted by Crippen LogP contribution is 2.42. The summed E-state index contributed by atoms with van der Waals surface area (Å²) in [6.45, 7) is 9.98. The second-order valence-corrected chi connectivity index (χ2v) is 7.21. The predicted molar refractivity (Wildman–Crippen MR) is 130 cm³/mol. The van der Waals surface area contributed by atoms with E-state index in [-0.39, 0.29) is 5.75 Å². The van der Waals surface area contributed by atoms with Gasteiger partial charge in [-0.15, -0.1) is 5.11 Å². The van der Waals surface area contributed by atoms with Crippen molar-refractivity contribution in [3.05, 3.63) is 35.4 Å². The van der Waals surface area contributed by atoms with Crippen LogP contribution in [-0.4, -0.2) is 44.2 Å². The third kappa shape index (κ3) is 6.84. The number of carbonyl (C=O) groups is 2. The Morgan fingerprint density at radius 2 is 1.44 bits per heavy atom. The van der Waals surface area contributed by atoms with Gasteiger partial charge in [-0.25, -0.2) is 0 Å². The number of nitrogens with one attached hydrogen (secondary N) is 1. The van der Waals surface area contributed by atoms with Gasteiger partial charge in [0.2, 0.25) is 6.04 Å². The van der Waals surface area contributed by atoms with Crippen molar-refractivity contribution < 1.29 is 28.5 Å². The number of ether oxygens (including phenoxy) is 4. The fourth-order valence-electron chi connectivity index (χ4n) is 2.98. The van der Waals surface area contributed by atoms with Crippen molar-refractivity contribution in [2.75, 3.05) is 31.7 Å². The van der Waals surface area contributed by atoms with Gasteiger partial charge in [0.05, 0.1) is 37.1 Å². The van der Waals surface area contributed by atoms with Gasteiger partial charge in [-0.2, -0.15) is 5.11 Å². The van der Waals surface area contributed by atoms with Crippen LogP contribution in [0, 0.1) is 0 Å². The number of azo groups is 1. The molecule has 0 aliphatic carbocycles. The van der Waals surface area contributed by atoms with Gasteiger partial charge in [-0.05, 0) is 58.9 Å². The van der Waals surface area contributed by atoms with Crippen molar-refractivity contribution in [2.24, 2.45) is 10.2 Å². The summed E-state index contributed by atoms with van der Waals surface area (Å²) in [6, 6.07) is 6.91. The molecule has 0 aliphatic heterocycles. The number of benzene rings is 2. The summed E-state index contributed by atoms with van der Waals surface area (Å²) in [7, 11) is 0. The van der Waals surface area contributed by atoms with Crippen LogP contribution in [0.2, 0.25) is 5.02 Å². The van der Waals surface area contributed by atoms with E-state index in [0.29, 0.717) is 60.1 Å². The lowest BCUT2D eigenvalue weighted by Gasteiger charge is -2.18. The average molecular weight is 492 g/mol. The van der Waals surface area contributed by atoms with Gasteiger partial charge in [-0.3, -0.25) is 9.59 Å². The molecule has 9 nitrogen and oxygen atoms in total. The molecule has 0 bridgehead atoms. The summed E-state index contributed by atoms with van der Waals surface area (Å²) in [4.78, 5) is 25.3. The van der Waals surface area contributed by atoms with Crippen LogP contribution >= 0.6 is 11.6 Å². The lowest BCUT2D eigenvalue weighted by Crippen LogP contribution is -2.32. The van der Waals surface area contributed by atoms with E-state index in [4.69, 9.17) is 30.5 Å². The average Bonchev–Trinajstić information content (AvgIpc) is 2.80. The third-order valence-electron chi connectivity index (χ3n) is 4.37. The summed E-state index contributed by atoms with van der Waals surface area (Å²) >= 11 is 6.23. The Hall–Kier alpha value is -3.33. The zero-order chi connectivity index (χ0) is 25.1. The van der Waals surface area contributed by atoms with Crippen molar-refractivity contribution in [3.63, 3.8) is 0 Å². The van der Waals surface area contributed by atoms with E-state index >= 15 is 0 Å². The topological polar surface area (TPSA) is 108 Å². The molecule has 0 fully saturated rings. The zero-order valence-corrected chi connectivity index (χ0v) is 20.8. The summed E-state index contributed by atoms with van der Waals surface area (Å²) in [5.74, 6) is 0.246. The lowest BCUT2D eigenvalue weighted by atomic mass is 10.2. The quantitative estimate of drug-likeness (QED) is 0.288. The predicted octanol–water partition coefficient (Wildman–Crippen LogP) is 5.61. The van der Waals surface area contributed by atoms with Crippen LogP contribution in [0.1, 0.15) is 34.6 Å². The number of halogens is 1. The molecule has 1 unspecified atom stereocenters. The fourth-order valence-corrected chi connectivity index (χ4v) is 3.19. The van der Waals surface area contributed by atoms with Gasteiger partial charge in [-0.1, -0.05) is 17.7 Å². The van der Waals surface area contributed by atoms with Crippen LogP contribution in [0.4, 0.5) is 11.4 Å². The number of carbonyl (C=O) groups excluding carboxylic acids is 2. The molecule has 2 aromatic rings. The van der Waals surface area contributed by atoms with E-state index in [1.807, 2.05) is 13.8 Å². The largest absolute Gasteiger partial charge is 0.491 e. The molecule has 34 heavy (non-hydrogen) atoms. The maximum atomic E-state index is 13.0. The summed E-state index contributed by atoms with van der Waals surface area (Å²) < 4.78 is 22.4. The molecule has 10 heteroatoms. The number of hydrogen-bond donors (Lipinski definition) is 1. The minimum Gasteiger partial charge on any atom is -0.491 e. The van der Waals surface area contributed by atoms with Gasteiger partial charge in [0, 0.05) is 0 Å². The van der Waals surface area contributed by atoms with Crippen LogP contribution in [0.5, 0.6) is 23.0 Å². The molecule has 184 valence electrons. The van der Waals surface area contributed by atoms with Gasteiger partial charge in [0.25, 0.3) is 5.91 Å². The fraction of sp³-hybridized carbons (Fsp3) is 0.417. The van der Waals surface area contributed by atoms with Crippen LogP contribution in [0.25, 0.3) is 0 Å². The molecule has 1 atom stereocenters. The van der Waals surface area contributed by atoms with E-state index in [2.05, 4.69) is 15.5 Å². The summed E-state index contributed by atoms with van der Waals surface area (Å²) in [5, 5.41) is 11.2. The second kappa shape index (κ2) is 13.4. The molecule has 1 N–H and O–H groups in total. The van der Waals surface area contributed by atoms with Crippen molar-refractivity contribution in [1.29, 1.82) is 0 Å². The van der Waals surface area contributed by atoms with Gasteiger partial charge < -0.3 is 24.3 Å². The van der Waals surface area contributed by atoms with E-state index in [1.54, 1.807) is 44.2 Å². The van der Waals surface area contributed by atoms with E-state index in [0.717, 1.165) is 0 Å². The molecule has 0 radical (unpaired) electrons. The van der Waals surface area contributed by atoms with Crippen molar-refractivity contribution in [2.45, 2.75) is 40.7 Å². The van der Waals surface area contributed by atoms with Crippen LogP contribution < -0.4 is 24.3 Å². The molecule has 1 amide bonds. The Morgan fingerprint density at radius 1 is 0.882 bits per heavy atom. The van der Waals surface area contributed by atoms with E-state index < -0.39 is 17.7 Å². The molecular weight excluding hydrogens is 462 g/mol. The highest BCUT2D eigenvalue weighted by atomic mass is 35.5. The number of amides is 1. The van der Waals surface area contributed by atoms with Gasteiger partial charge in [0.1, 0.15) is 0 Å². The van der Waals surface area contributed by atoms with Crippen molar-refractivity contribution in [1.82, 2.24) is 0 Å². The molecule has 0 heterocycles. The number of ketones is 1. The SMILES string of the molecule is CCOc1cccc(OCC)c1N=NC(C(C)=O)C(=O)Nc1ccc(Cl)c(OCC)c1OCC. The summed E-state index contributed by atoms with van der Waals surface area (Å²) in [5.41, 5.74) is 0.594. The molecule has 2 aromatic carbocycles. The maximum absolute atomic E-state index is 13.0. The molecule has 2 rings (SSSR count). The molecular formula is C24H30ClN3O6. The third-order valence-corrected chi connectivity index (χ3v) is 4.67. The smallest absolute Gasteiger partial charge is 0.258 e. The van der Waals surface area contributed by atoms with Crippen LogP contribution in [0.3, 0.4) is 0 Å². The standard InChI is InChI=1S/C24H30ClN3O6/c1-6-31-18-11-10-12-19(32-7-2)21(18)28-27-20(15(5)29)24(30)26-17-14-13-16(25)22(33-8-3)23(17)34-9-4/h10-14,20H,6-9H2,1-5H3,(H,26,30). The molecule has 0 aromatic heterocycles. The number of anilines is 1. The highest BCUT2D eigenvalue weighted by molar-refractivity contribution is 6.32. The maximum Gasteiger partial charge on any atom is 0.258 e.